The molecule has 0 N–H and O–H groups in total. The fourth-order valence-electron chi connectivity index (χ4n) is 5.59. The molecule has 260 valence electrons. The molecule has 0 bridgehead atoms. The second-order valence-electron chi connectivity index (χ2n) is 13.0. The van der Waals surface area contributed by atoms with Gasteiger partial charge in [0.05, 0.1) is 5.88 Å². The highest BCUT2D eigenvalue weighted by atomic mass is 35.5. The minimum absolute atomic E-state index is 0.0536. The second-order valence-corrected chi connectivity index (χ2v) is 13.3. The van der Waals surface area contributed by atoms with Gasteiger partial charge in [0.25, 0.3) is 0 Å². The van der Waals surface area contributed by atoms with Crippen molar-refractivity contribution in [3.63, 3.8) is 0 Å². The largest absolute Gasteiger partial charge is 0.462 e. The van der Waals surface area contributed by atoms with E-state index in [1.54, 1.807) is 0 Å². The minimum Gasteiger partial charge on any atom is -0.462 e. The van der Waals surface area contributed by atoms with Gasteiger partial charge in [0, 0.05) is 12.8 Å². The number of rotatable bonds is 35. The summed E-state index contributed by atoms with van der Waals surface area (Å²) in [4.78, 5) is 24.3. The zero-order valence-electron chi connectivity index (χ0n) is 29.4. The summed E-state index contributed by atoms with van der Waals surface area (Å²) in [6.07, 6.45) is 40.5. The van der Waals surface area contributed by atoms with E-state index in [9.17, 15) is 9.59 Å². The summed E-state index contributed by atoms with van der Waals surface area (Å²) in [5.41, 5.74) is 0. The lowest BCUT2D eigenvalue weighted by Gasteiger charge is -2.15. The molecule has 44 heavy (non-hydrogen) atoms. The van der Waals surface area contributed by atoms with Crippen molar-refractivity contribution in [1.82, 2.24) is 0 Å². The van der Waals surface area contributed by atoms with Gasteiger partial charge in [-0.2, -0.15) is 0 Å². The van der Waals surface area contributed by atoms with Crippen LogP contribution >= 0.6 is 11.6 Å². The van der Waals surface area contributed by atoms with Crippen molar-refractivity contribution in [1.29, 1.82) is 0 Å². The molecule has 0 spiro atoms. The van der Waals surface area contributed by atoms with Crippen LogP contribution in [0.15, 0.2) is 12.2 Å². The number of halogens is 1. The number of carbonyl (C=O) groups excluding carboxylic acids is 2. The number of carbonyl (C=O) groups is 2. The highest BCUT2D eigenvalue weighted by Gasteiger charge is 2.16. The Morgan fingerprint density at radius 3 is 1.23 bits per heavy atom. The zero-order chi connectivity index (χ0) is 32.2. The maximum atomic E-state index is 12.2. The second kappa shape index (κ2) is 36.4. The van der Waals surface area contributed by atoms with Gasteiger partial charge in [-0.3, -0.25) is 9.59 Å². The lowest BCUT2D eigenvalue weighted by Crippen LogP contribution is -2.26. The molecule has 0 saturated heterocycles. The van der Waals surface area contributed by atoms with E-state index in [2.05, 4.69) is 26.0 Å². The average Bonchev–Trinajstić information content (AvgIpc) is 3.02. The van der Waals surface area contributed by atoms with Crippen LogP contribution in [-0.4, -0.2) is 30.5 Å². The summed E-state index contributed by atoms with van der Waals surface area (Å²) in [5.74, 6) is -0.319. The van der Waals surface area contributed by atoms with Crippen molar-refractivity contribution in [3.05, 3.63) is 12.2 Å². The first-order valence-electron chi connectivity index (χ1n) is 19.2. The van der Waals surface area contributed by atoms with E-state index in [1.165, 1.54) is 141 Å². The predicted molar refractivity (Wildman–Crippen MR) is 191 cm³/mol. The number of esters is 2. The van der Waals surface area contributed by atoms with Crippen LogP contribution in [0.25, 0.3) is 0 Å². The van der Waals surface area contributed by atoms with Gasteiger partial charge < -0.3 is 9.47 Å². The van der Waals surface area contributed by atoms with Gasteiger partial charge in [-0.15, -0.1) is 11.6 Å². The van der Waals surface area contributed by atoms with Crippen molar-refractivity contribution in [3.8, 4) is 0 Å². The van der Waals surface area contributed by atoms with E-state index in [1.807, 2.05) is 0 Å². The quantitative estimate of drug-likeness (QED) is 0.0299. The summed E-state index contributed by atoms with van der Waals surface area (Å²) >= 11 is 5.97. The molecule has 0 aromatic carbocycles. The number of hydrogen-bond donors (Lipinski definition) is 0. The normalized spacial score (nSPS) is 12.2. The Bertz CT molecular complexity index is 636. The molecule has 0 saturated carbocycles. The number of ether oxygens (including phenoxy) is 2. The van der Waals surface area contributed by atoms with E-state index >= 15 is 0 Å². The van der Waals surface area contributed by atoms with Crippen LogP contribution in [0, 0.1) is 0 Å². The number of allylic oxidation sites excluding steroid dienone is 2. The molecule has 0 aromatic heterocycles. The smallest absolute Gasteiger partial charge is 0.306 e. The van der Waals surface area contributed by atoms with Crippen LogP contribution in [0.2, 0.25) is 0 Å². The third-order valence-corrected chi connectivity index (χ3v) is 8.87. The molecule has 0 aromatic rings. The lowest BCUT2D eigenvalue weighted by atomic mass is 10.0. The molecule has 0 amide bonds. The molecular weight excluding hydrogens is 568 g/mol. The monoisotopic (exact) mass is 641 g/mol. The van der Waals surface area contributed by atoms with Gasteiger partial charge in [-0.25, -0.2) is 0 Å². The van der Waals surface area contributed by atoms with E-state index in [0.29, 0.717) is 12.8 Å². The fraction of sp³-hybridized carbons (Fsp3) is 0.897. The standard InChI is InChI=1S/C39H73ClO4/c1-3-5-7-9-11-13-15-17-19-21-23-25-27-29-31-33-38(41)43-36-37(35-40)44-39(42)34-32-30-28-26-24-22-20-18-16-14-12-10-8-6-4-2/h17,19,37H,3-16,18,20-36H2,1-2H3/b19-17+/t37-/m1/s1. The predicted octanol–water partition coefficient (Wildman–Crippen LogP) is 13.0. The van der Waals surface area contributed by atoms with Crippen molar-refractivity contribution in [2.45, 2.75) is 213 Å². The summed E-state index contributed by atoms with van der Waals surface area (Å²) in [7, 11) is 0. The van der Waals surface area contributed by atoms with E-state index < -0.39 is 6.10 Å². The molecule has 5 heteroatoms. The Balaban J connectivity index is 3.53. The van der Waals surface area contributed by atoms with Crippen molar-refractivity contribution >= 4 is 23.5 Å². The van der Waals surface area contributed by atoms with E-state index in [-0.39, 0.29) is 24.4 Å². The molecular formula is C39H73ClO4. The topological polar surface area (TPSA) is 52.6 Å². The third-order valence-electron chi connectivity index (χ3n) is 8.53. The molecule has 4 nitrogen and oxygen atoms in total. The van der Waals surface area contributed by atoms with Gasteiger partial charge in [0.1, 0.15) is 12.7 Å². The van der Waals surface area contributed by atoms with Gasteiger partial charge in [0.2, 0.25) is 0 Å². The Morgan fingerprint density at radius 2 is 0.841 bits per heavy atom. The van der Waals surface area contributed by atoms with Crippen molar-refractivity contribution < 1.29 is 19.1 Å². The van der Waals surface area contributed by atoms with Crippen LogP contribution in [0.3, 0.4) is 0 Å². The Morgan fingerprint density at radius 1 is 0.500 bits per heavy atom. The maximum Gasteiger partial charge on any atom is 0.306 e. The number of unbranched alkanes of at least 4 members (excludes halogenated alkanes) is 25. The maximum absolute atomic E-state index is 12.2. The molecule has 0 unspecified atom stereocenters. The van der Waals surface area contributed by atoms with Gasteiger partial charge >= 0.3 is 11.9 Å². The Kier molecular flexibility index (Phi) is 35.6. The molecule has 0 heterocycles. The Hall–Kier alpha value is -1.03. The van der Waals surface area contributed by atoms with Gasteiger partial charge in [-0.05, 0) is 38.5 Å². The summed E-state index contributed by atoms with van der Waals surface area (Å²) in [6.45, 7) is 4.59. The summed E-state index contributed by atoms with van der Waals surface area (Å²) in [6, 6.07) is 0. The first-order chi connectivity index (χ1) is 21.6. The first kappa shape index (κ1) is 43.0. The fourth-order valence-corrected chi connectivity index (χ4v) is 5.75. The van der Waals surface area contributed by atoms with Crippen LogP contribution in [0.5, 0.6) is 0 Å². The summed E-state index contributed by atoms with van der Waals surface area (Å²) in [5, 5.41) is 0. The molecule has 0 rings (SSSR count). The number of hydrogen-bond acceptors (Lipinski definition) is 4. The van der Waals surface area contributed by atoms with Crippen LogP contribution < -0.4 is 0 Å². The Labute approximate surface area is 279 Å². The highest BCUT2D eigenvalue weighted by Crippen LogP contribution is 2.15. The third kappa shape index (κ3) is 33.9. The SMILES string of the molecule is CCCCCCCC/C=C/CCCCCCCC(=O)OC[C@@H](CCl)OC(=O)CCCCCCCCCCCCCCCCC. The minimum atomic E-state index is -0.557. The van der Waals surface area contributed by atoms with E-state index in [4.69, 9.17) is 21.1 Å². The first-order valence-corrected chi connectivity index (χ1v) is 19.7. The van der Waals surface area contributed by atoms with Gasteiger partial charge in [0.15, 0.2) is 0 Å². The van der Waals surface area contributed by atoms with Crippen LogP contribution in [-0.2, 0) is 19.1 Å². The van der Waals surface area contributed by atoms with Crippen molar-refractivity contribution in [2.75, 3.05) is 12.5 Å². The molecule has 1 atom stereocenters. The average molecular weight is 641 g/mol. The lowest BCUT2D eigenvalue weighted by molar-refractivity contribution is -0.157. The van der Waals surface area contributed by atoms with Crippen LogP contribution in [0.4, 0.5) is 0 Å². The van der Waals surface area contributed by atoms with Crippen molar-refractivity contribution in [2.24, 2.45) is 0 Å². The zero-order valence-corrected chi connectivity index (χ0v) is 30.1. The molecule has 0 aliphatic rings. The molecule has 0 radical (unpaired) electrons. The molecule has 0 aliphatic carbocycles. The number of alkyl halides is 1. The summed E-state index contributed by atoms with van der Waals surface area (Å²) < 4.78 is 10.8. The van der Waals surface area contributed by atoms with Gasteiger partial charge in [-0.1, -0.05) is 167 Å². The van der Waals surface area contributed by atoms with Crippen LogP contribution in [0.1, 0.15) is 206 Å². The molecule has 0 fully saturated rings. The highest BCUT2D eigenvalue weighted by molar-refractivity contribution is 6.18. The van der Waals surface area contributed by atoms with E-state index in [0.717, 1.165) is 38.5 Å². The molecule has 0 aliphatic heterocycles.